The summed E-state index contributed by atoms with van der Waals surface area (Å²) in [5, 5.41) is 0. The Morgan fingerprint density at radius 1 is 1.29 bits per heavy atom. The highest BCUT2D eigenvalue weighted by Gasteiger charge is 2.34. The van der Waals surface area contributed by atoms with E-state index in [9.17, 15) is 4.79 Å². The number of piperidine rings is 1. The third-order valence-corrected chi connectivity index (χ3v) is 4.89. The van der Waals surface area contributed by atoms with E-state index < -0.39 is 6.10 Å². The quantitative estimate of drug-likeness (QED) is 0.848. The lowest BCUT2D eigenvalue weighted by molar-refractivity contribution is -0.140. The van der Waals surface area contributed by atoms with Gasteiger partial charge in [0.25, 0.3) is 5.91 Å². The molecule has 2 heterocycles. The number of nitrogens with zero attached hydrogens (tertiary/aromatic N) is 1. The molecule has 0 bridgehead atoms. The van der Waals surface area contributed by atoms with E-state index >= 15 is 0 Å². The molecule has 4 nitrogen and oxygen atoms in total. The monoisotopic (exact) mass is 331 g/mol. The van der Waals surface area contributed by atoms with Crippen molar-refractivity contribution in [1.29, 1.82) is 0 Å². The van der Waals surface area contributed by atoms with Gasteiger partial charge in [-0.05, 0) is 45.1 Å². The van der Waals surface area contributed by atoms with Crippen molar-refractivity contribution in [2.75, 3.05) is 13.1 Å². The third-order valence-electron chi connectivity index (χ3n) is 4.89. The minimum atomic E-state index is -0.499. The predicted octanol–water partition coefficient (Wildman–Crippen LogP) is 3.67. The van der Waals surface area contributed by atoms with E-state index in [1.807, 2.05) is 24.0 Å². The van der Waals surface area contributed by atoms with Gasteiger partial charge in [-0.25, -0.2) is 0 Å². The number of hydrogen-bond acceptors (Lipinski definition) is 3. The van der Waals surface area contributed by atoms with Gasteiger partial charge in [-0.1, -0.05) is 26.0 Å². The van der Waals surface area contributed by atoms with Crippen LogP contribution in [0.4, 0.5) is 0 Å². The highest BCUT2D eigenvalue weighted by molar-refractivity contribution is 5.81. The van der Waals surface area contributed by atoms with Crippen LogP contribution in [0.15, 0.2) is 18.2 Å². The zero-order valence-corrected chi connectivity index (χ0v) is 15.5. The molecule has 0 aliphatic carbocycles. The number of carbonyl (C=O) groups excluding carboxylic acids is 1. The zero-order chi connectivity index (χ0) is 17.5. The van der Waals surface area contributed by atoms with E-state index in [-0.39, 0.29) is 11.5 Å². The second-order valence-corrected chi connectivity index (χ2v) is 8.23. The van der Waals surface area contributed by atoms with Crippen molar-refractivity contribution in [2.45, 2.75) is 59.2 Å². The van der Waals surface area contributed by atoms with Crippen LogP contribution >= 0.6 is 0 Å². The van der Waals surface area contributed by atoms with E-state index in [0.717, 1.165) is 30.8 Å². The van der Waals surface area contributed by atoms with Gasteiger partial charge in [0.2, 0.25) is 0 Å². The lowest BCUT2D eigenvalue weighted by Crippen LogP contribution is -2.47. The van der Waals surface area contributed by atoms with Crippen LogP contribution in [0, 0.1) is 11.8 Å². The molecule has 2 aliphatic heterocycles. The first-order valence-corrected chi connectivity index (χ1v) is 9.01. The Kier molecular flexibility index (Phi) is 4.50. The van der Waals surface area contributed by atoms with Crippen molar-refractivity contribution in [2.24, 2.45) is 11.8 Å². The number of carbonyl (C=O) groups is 1. The first kappa shape index (κ1) is 17.1. The summed E-state index contributed by atoms with van der Waals surface area (Å²) in [6, 6.07) is 5.93. The molecule has 1 aromatic rings. The van der Waals surface area contributed by atoms with Crippen LogP contribution in [-0.2, 0) is 11.2 Å². The summed E-state index contributed by atoms with van der Waals surface area (Å²) < 4.78 is 12.1. The lowest BCUT2D eigenvalue weighted by Gasteiger charge is -2.36. The summed E-state index contributed by atoms with van der Waals surface area (Å²) in [6.45, 7) is 12.1. The van der Waals surface area contributed by atoms with Gasteiger partial charge in [0, 0.05) is 25.1 Å². The Morgan fingerprint density at radius 2 is 1.96 bits per heavy atom. The van der Waals surface area contributed by atoms with Crippen molar-refractivity contribution in [3.8, 4) is 11.5 Å². The maximum absolute atomic E-state index is 12.8. The van der Waals surface area contributed by atoms with Gasteiger partial charge in [-0.3, -0.25) is 4.79 Å². The van der Waals surface area contributed by atoms with Crippen LogP contribution in [-0.4, -0.2) is 35.6 Å². The second-order valence-electron chi connectivity index (χ2n) is 8.23. The summed E-state index contributed by atoms with van der Waals surface area (Å²) in [5.74, 6) is 2.65. The number of amides is 1. The van der Waals surface area contributed by atoms with Gasteiger partial charge in [0.15, 0.2) is 17.6 Å². The van der Waals surface area contributed by atoms with Gasteiger partial charge >= 0.3 is 0 Å². The van der Waals surface area contributed by atoms with Gasteiger partial charge in [-0.15, -0.1) is 0 Å². The molecule has 1 amide bonds. The fourth-order valence-electron chi connectivity index (χ4n) is 4.02. The van der Waals surface area contributed by atoms with Crippen LogP contribution < -0.4 is 9.47 Å². The minimum Gasteiger partial charge on any atom is -0.483 e. The second kappa shape index (κ2) is 6.30. The minimum absolute atomic E-state index is 0.0725. The molecular weight excluding hydrogens is 302 g/mol. The molecule has 3 rings (SSSR count). The standard InChI is InChI=1S/C20H29NO3/c1-13-9-14(2)12-21(11-13)19(22)15(3)23-17-8-6-7-16-10-20(4,5)24-18(16)17/h6-8,13-15H,9-12H2,1-5H3/t13-,14-,15-/m1/s1. The van der Waals surface area contributed by atoms with Crippen molar-refractivity contribution in [3.63, 3.8) is 0 Å². The molecule has 1 saturated heterocycles. The van der Waals surface area contributed by atoms with Crippen LogP contribution in [0.5, 0.6) is 11.5 Å². The molecular formula is C20H29NO3. The topological polar surface area (TPSA) is 38.8 Å². The largest absolute Gasteiger partial charge is 0.483 e. The third kappa shape index (κ3) is 3.52. The molecule has 0 saturated carbocycles. The average Bonchev–Trinajstić information content (AvgIpc) is 2.80. The summed E-state index contributed by atoms with van der Waals surface area (Å²) in [5.41, 5.74) is 0.935. The van der Waals surface area contributed by atoms with Crippen molar-refractivity contribution in [1.82, 2.24) is 4.90 Å². The zero-order valence-electron chi connectivity index (χ0n) is 15.5. The molecule has 132 valence electrons. The van der Waals surface area contributed by atoms with E-state index in [1.165, 1.54) is 6.42 Å². The molecule has 0 unspecified atom stereocenters. The molecule has 24 heavy (non-hydrogen) atoms. The Bertz CT molecular complexity index is 615. The highest BCUT2D eigenvalue weighted by Crippen LogP contribution is 2.42. The van der Waals surface area contributed by atoms with Crippen LogP contribution in [0.1, 0.15) is 46.6 Å². The van der Waals surface area contributed by atoms with Crippen LogP contribution in [0.3, 0.4) is 0 Å². The summed E-state index contributed by atoms with van der Waals surface area (Å²) >= 11 is 0. The summed E-state index contributed by atoms with van der Waals surface area (Å²) in [6.07, 6.45) is 1.55. The van der Waals surface area contributed by atoms with E-state index in [0.29, 0.717) is 17.6 Å². The molecule has 4 heteroatoms. The van der Waals surface area contributed by atoms with Crippen molar-refractivity contribution in [3.05, 3.63) is 23.8 Å². The Labute approximate surface area is 145 Å². The van der Waals surface area contributed by atoms with Crippen molar-refractivity contribution >= 4 is 5.91 Å². The SMILES string of the molecule is C[C@@H]1C[C@@H](C)CN(C(=O)[C@@H](C)Oc2cccc3c2OC(C)(C)C3)C1. The number of hydrogen-bond donors (Lipinski definition) is 0. The average molecular weight is 331 g/mol. The molecule has 0 N–H and O–H groups in total. The fourth-order valence-corrected chi connectivity index (χ4v) is 4.02. The highest BCUT2D eigenvalue weighted by atomic mass is 16.5. The first-order chi connectivity index (χ1) is 11.2. The molecule has 0 spiro atoms. The van der Waals surface area contributed by atoms with E-state index in [4.69, 9.17) is 9.47 Å². The van der Waals surface area contributed by atoms with Gasteiger partial charge in [0.1, 0.15) is 5.60 Å². The molecule has 0 aromatic heterocycles. The number of para-hydroxylation sites is 1. The smallest absolute Gasteiger partial charge is 0.263 e. The first-order valence-electron chi connectivity index (χ1n) is 9.01. The number of fused-ring (bicyclic) bond motifs is 1. The lowest BCUT2D eigenvalue weighted by atomic mass is 9.91. The number of ether oxygens (including phenoxy) is 2. The summed E-state index contributed by atoms with van der Waals surface area (Å²) in [4.78, 5) is 14.7. The van der Waals surface area contributed by atoms with Crippen molar-refractivity contribution < 1.29 is 14.3 Å². The normalized spacial score (nSPS) is 26.5. The molecule has 0 radical (unpaired) electrons. The van der Waals surface area contributed by atoms with Crippen LogP contribution in [0.2, 0.25) is 0 Å². The Hall–Kier alpha value is -1.71. The molecule has 1 fully saturated rings. The number of likely N-dealkylation sites (tertiary alicyclic amines) is 1. The predicted molar refractivity (Wildman–Crippen MR) is 94.5 cm³/mol. The Balaban J connectivity index is 1.71. The molecule has 1 aromatic carbocycles. The van der Waals surface area contributed by atoms with Gasteiger partial charge in [-0.2, -0.15) is 0 Å². The van der Waals surface area contributed by atoms with Crippen LogP contribution in [0.25, 0.3) is 0 Å². The summed E-state index contributed by atoms with van der Waals surface area (Å²) in [7, 11) is 0. The Morgan fingerprint density at radius 3 is 2.62 bits per heavy atom. The number of benzene rings is 1. The van der Waals surface area contributed by atoms with Gasteiger partial charge in [0.05, 0.1) is 0 Å². The van der Waals surface area contributed by atoms with E-state index in [2.05, 4.69) is 33.8 Å². The molecule has 2 aliphatic rings. The maximum atomic E-state index is 12.8. The van der Waals surface area contributed by atoms with Gasteiger partial charge < -0.3 is 14.4 Å². The fraction of sp³-hybridized carbons (Fsp3) is 0.650. The number of rotatable bonds is 3. The molecule has 3 atom stereocenters. The van der Waals surface area contributed by atoms with E-state index in [1.54, 1.807) is 0 Å². The maximum Gasteiger partial charge on any atom is 0.263 e.